The molecule has 1 atom stereocenters. The topological polar surface area (TPSA) is 45.2 Å². The Balaban J connectivity index is 1.26. The first kappa shape index (κ1) is 18.7. The summed E-state index contributed by atoms with van der Waals surface area (Å²) in [6, 6.07) is 18.6. The molecule has 0 aliphatic carbocycles. The Bertz CT molecular complexity index is 878. The van der Waals surface area contributed by atoms with Crippen LogP contribution in [0, 0.1) is 5.92 Å². The molecule has 4 nitrogen and oxygen atoms in total. The average molecular weight is 392 g/mol. The summed E-state index contributed by atoms with van der Waals surface area (Å²) in [5, 5.41) is 6.24. The smallest absolute Gasteiger partial charge is 0.224 e. The van der Waals surface area contributed by atoms with Gasteiger partial charge in [0, 0.05) is 31.2 Å². The maximum absolute atomic E-state index is 12.4. The molecule has 1 aliphatic heterocycles. The normalized spacial score (nSPS) is 16.7. The first-order chi connectivity index (χ1) is 13.8. The highest BCUT2D eigenvalue weighted by molar-refractivity contribution is 7.13. The summed E-state index contributed by atoms with van der Waals surface area (Å²) < 4.78 is 0. The molecule has 4 rings (SSSR count). The maximum atomic E-state index is 12.4. The molecule has 1 fully saturated rings. The zero-order valence-corrected chi connectivity index (χ0v) is 16.7. The summed E-state index contributed by atoms with van der Waals surface area (Å²) in [6.07, 6.45) is 4.60. The quantitative estimate of drug-likeness (QED) is 0.678. The molecule has 0 saturated carbocycles. The van der Waals surface area contributed by atoms with Crippen LogP contribution in [0.2, 0.25) is 0 Å². The second kappa shape index (κ2) is 9.02. The number of rotatable bonds is 6. The highest BCUT2D eigenvalue weighted by Crippen LogP contribution is 2.24. The summed E-state index contributed by atoms with van der Waals surface area (Å²) >= 11 is 1.68. The molecular formula is C23H25N3OS. The molecule has 0 radical (unpaired) electrons. The first-order valence-electron chi connectivity index (χ1n) is 9.83. The largest absolute Gasteiger partial charge is 0.355 e. The van der Waals surface area contributed by atoms with Crippen LogP contribution in [-0.2, 0) is 11.2 Å². The lowest BCUT2D eigenvalue weighted by molar-refractivity contribution is -0.120. The van der Waals surface area contributed by atoms with E-state index >= 15 is 0 Å². The van der Waals surface area contributed by atoms with Gasteiger partial charge in [0.2, 0.25) is 5.91 Å². The number of nitrogens with zero attached hydrogens (tertiary/aromatic N) is 2. The van der Waals surface area contributed by atoms with E-state index in [0.29, 0.717) is 12.3 Å². The van der Waals surface area contributed by atoms with E-state index in [0.717, 1.165) is 43.2 Å². The fourth-order valence-electron chi connectivity index (χ4n) is 3.73. The van der Waals surface area contributed by atoms with E-state index in [1.807, 2.05) is 41.9 Å². The fourth-order valence-corrected chi connectivity index (χ4v) is 4.41. The van der Waals surface area contributed by atoms with Gasteiger partial charge in [-0.25, -0.2) is 4.98 Å². The molecule has 3 aromatic rings. The second-order valence-electron chi connectivity index (χ2n) is 7.31. The van der Waals surface area contributed by atoms with Crippen molar-refractivity contribution in [2.24, 2.45) is 5.92 Å². The van der Waals surface area contributed by atoms with Gasteiger partial charge in [-0.2, -0.15) is 0 Å². The SMILES string of the molecule is O=C(Cc1ccc(-c2ccccc2)cc1)NCC1CCCN(c2nccs2)C1. The van der Waals surface area contributed by atoms with Crippen LogP contribution in [0.25, 0.3) is 11.1 Å². The lowest BCUT2D eigenvalue weighted by Crippen LogP contribution is -2.41. The predicted molar refractivity (Wildman–Crippen MR) is 116 cm³/mol. The van der Waals surface area contributed by atoms with Crippen LogP contribution in [-0.4, -0.2) is 30.5 Å². The Hall–Kier alpha value is -2.66. The number of piperidine rings is 1. The van der Waals surface area contributed by atoms with Gasteiger partial charge in [-0.05, 0) is 35.4 Å². The molecule has 28 heavy (non-hydrogen) atoms. The van der Waals surface area contributed by atoms with E-state index in [4.69, 9.17) is 0 Å². The van der Waals surface area contributed by atoms with Gasteiger partial charge in [-0.3, -0.25) is 4.79 Å². The van der Waals surface area contributed by atoms with Gasteiger partial charge in [0.25, 0.3) is 0 Å². The summed E-state index contributed by atoms with van der Waals surface area (Å²) in [5.74, 6) is 0.584. The highest BCUT2D eigenvalue weighted by Gasteiger charge is 2.21. The molecule has 0 spiro atoms. The van der Waals surface area contributed by atoms with Crippen molar-refractivity contribution in [3.05, 3.63) is 71.7 Å². The van der Waals surface area contributed by atoms with Crippen LogP contribution >= 0.6 is 11.3 Å². The van der Waals surface area contributed by atoms with E-state index in [-0.39, 0.29) is 5.91 Å². The third kappa shape index (κ3) is 4.78. The van der Waals surface area contributed by atoms with Gasteiger partial charge in [-0.1, -0.05) is 54.6 Å². The number of anilines is 1. The van der Waals surface area contributed by atoms with Crippen LogP contribution in [0.3, 0.4) is 0 Å². The molecule has 2 heterocycles. The van der Waals surface area contributed by atoms with Crippen molar-refractivity contribution in [2.45, 2.75) is 19.3 Å². The molecule has 1 saturated heterocycles. The lowest BCUT2D eigenvalue weighted by atomic mass is 9.98. The van der Waals surface area contributed by atoms with Gasteiger partial charge in [0.1, 0.15) is 0 Å². The molecule has 144 valence electrons. The molecule has 1 aliphatic rings. The first-order valence-corrected chi connectivity index (χ1v) is 10.7. The monoisotopic (exact) mass is 391 g/mol. The Morgan fingerprint density at radius 2 is 1.89 bits per heavy atom. The third-order valence-electron chi connectivity index (χ3n) is 5.22. The van der Waals surface area contributed by atoms with Gasteiger partial charge in [-0.15, -0.1) is 11.3 Å². The molecule has 5 heteroatoms. The van der Waals surface area contributed by atoms with E-state index in [9.17, 15) is 4.79 Å². The summed E-state index contributed by atoms with van der Waals surface area (Å²) in [4.78, 5) is 19.1. The van der Waals surface area contributed by atoms with E-state index in [1.54, 1.807) is 11.3 Å². The number of carbonyl (C=O) groups excluding carboxylic acids is 1. The number of carbonyl (C=O) groups is 1. The van der Waals surface area contributed by atoms with Crippen LogP contribution < -0.4 is 10.2 Å². The molecule has 1 unspecified atom stereocenters. The number of thiazole rings is 1. The number of hydrogen-bond donors (Lipinski definition) is 1. The van der Waals surface area contributed by atoms with Gasteiger partial charge >= 0.3 is 0 Å². The Morgan fingerprint density at radius 1 is 1.11 bits per heavy atom. The van der Waals surface area contributed by atoms with Crippen LogP contribution in [0.5, 0.6) is 0 Å². The standard InChI is InChI=1S/C23H25N3OS/c27-22(15-18-8-10-21(11-9-18)20-6-2-1-3-7-20)25-16-19-5-4-13-26(17-19)23-24-12-14-28-23/h1-3,6-12,14,19H,4-5,13,15-17H2,(H,25,27). The second-order valence-corrected chi connectivity index (χ2v) is 8.19. The predicted octanol–water partition coefficient (Wildman–Crippen LogP) is 4.39. The number of aromatic nitrogens is 1. The van der Waals surface area contributed by atoms with Crippen molar-refractivity contribution >= 4 is 22.4 Å². The van der Waals surface area contributed by atoms with Crippen molar-refractivity contribution in [1.29, 1.82) is 0 Å². The molecule has 2 aromatic carbocycles. The fraction of sp³-hybridized carbons (Fsp3) is 0.304. The lowest BCUT2D eigenvalue weighted by Gasteiger charge is -2.32. The van der Waals surface area contributed by atoms with Gasteiger partial charge in [0.15, 0.2) is 5.13 Å². The van der Waals surface area contributed by atoms with Crippen molar-refractivity contribution in [1.82, 2.24) is 10.3 Å². The van der Waals surface area contributed by atoms with Crippen LogP contribution in [0.1, 0.15) is 18.4 Å². The molecule has 1 N–H and O–H groups in total. The van der Waals surface area contributed by atoms with E-state index < -0.39 is 0 Å². The Morgan fingerprint density at radius 3 is 2.64 bits per heavy atom. The number of benzene rings is 2. The zero-order valence-electron chi connectivity index (χ0n) is 15.9. The summed E-state index contributed by atoms with van der Waals surface area (Å²) in [6.45, 7) is 2.77. The minimum Gasteiger partial charge on any atom is -0.355 e. The van der Waals surface area contributed by atoms with Crippen molar-refractivity contribution in [2.75, 3.05) is 24.5 Å². The molecular weight excluding hydrogens is 366 g/mol. The third-order valence-corrected chi connectivity index (χ3v) is 6.05. The zero-order chi connectivity index (χ0) is 19.2. The minimum atomic E-state index is 0.0961. The highest BCUT2D eigenvalue weighted by atomic mass is 32.1. The van der Waals surface area contributed by atoms with Crippen molar-refractivity contribution < 1.29 is 4.79 Å². The Labute approximate surface area is 170 Å². The number of hydrogen-bond acceptors (Lipinski definition) is 4. The van der Waals surface area contributed by atoms with E-state index in [1.165, 1.54) is 11.1 Å². The van der Waals surface area contributed by atoms with Crippen LogP contribution in [0.4, 0.5) is 5.13 Å². The average Bonchev–Trinajstić information content (AvgIpc) is 3.29. The van der Waals surface area contributed by atoms with Gasteiger partial charge in [0.05, 0.1) is 6.42 Å². The Kier molecular flexibility index (Phi) is 6.02. The molecule has 1 aromatic heterocycles. The van der Waals surface area contributed by atoms with Crippen molar-refractivity contribution in [3.8, 4) is 11.1 Å². The maximum Gasteiger partial charge on any atom is 0.224 e. The minimum absolute atomic E-state index is 0.0961. The number of amides is 1. The number of nitrogens with one attached hydrogen (secondary N) is 1. The molecule has 1 amide bonds. The van der Waals surface area contributed by atoms with Crippen LogP contribution in [0.15, 0.2) is 66.2 Å². The molecule has 0 bridgehead atoms. The summed E-state index contributed by atoms with van der Waals surface area (Å²) in [7, 11) is 0. The summed E-state index contributed by atoms with van der Waals surface area (Å²) in [5.41, 5.74) is 3.42. The van der Waals surface area contributed by atoms with Crippen molar-refractivity contribution in [3.63, 3.8) is 0 Å². The van der Waals surface area contributed by atoms with Gasteiger partial charge < -0.3 is 10.2 Å². The van der Waals surface area contributed by atoms with E-state index in [2.05, 4.69) is 39.5 Å².